The van der Waals surface area contributed by atoms with E-state index in [9.17, 15) is 22.8 Å². The summed E-state index contributed by atoms with van der Waals surface area (Å²) >= 11 is 0. The molecule has 0 amide bonds. The molecular formula is C21H35LiO9S. The van der Waals surface area contributed by atoms with Crippen molar-refractivity contribution in [1.82, 2.24) is 0 Å². The van der Waals surface area contributed by atoms with Crippen molar-refractivity contribution in [1.29, 1.82) is 0 Å². The van der Waals surface area contributed by atoms with Crippen LogP contribution in [0.3, 0.4) is 0 Å². The number of hydrogen-bond donors (Lipinski definition) is 1. The number of unbranched alkanes of at least 4 members (excludes halogenated alkanes) is 3. The zero-order valence-corrected chi connectivity index (χ0v) is 20.6. The largest absolute Gasteiger partial charge is 1.00 e. The summed E-state index contributed by atoms with van der Waals surface area (Å²) in [6, 6.07) is 0. The Bertz CT molecular complexity index is 751. The Kier molecular flexibility index (Phi) is 15.5. The number of ether oxygens (including phenoxy) is 3. The van der Waals surface area contributed by atoms with Gasteiger partial charge in [-0.2, -0.15) is 8.42 Å². The molecule has 0 aromatic rings. The van der Waals surface area contributed by atoms with Crippen LogP contribution in [-0.2, 0) is 38.7 Å². The SMILES string of the molecule is C=C(C)C(=O)OCC(CCCCCC)(COC(=O)C(=C)C)C(=O)OCC(C)S(=O)(=O)O.[H-].[Li+]. The summed E-state index contributed by atoms with van der Waals surface area (Å²) in [6.07, 6.45) is 3.33. The summed E-state index contributed by atoms with van der Waals surface area (Å²) < 4.78 is 47.1. The molecule has 0 heterocycles. The molecule has 9 nitrogen and oxygen atoms in total. The molecule has 0 saturated carbocycles. The van der Waals surface area contributed by atoms with E-state index in [1.54, 1.807) is 0 Å². The molecule has 1 atom stereocenters. The van der Waals surface area contributed by atoms with Crippen LogP contribution >= 0.6 is 0 Å². The van der Waals surface area contributed by atoms with Gasteiger partial charge >= 0.3 is 36.8 Å². The van der Waals surface area contributed by atoms with E-state index < -0.39 is 58.5 Å². The fourth-order valence-corrected chi connectivity index (χ4v) is 2.62. The fourth-order valence-electron chi connectivity index (χ4n) is 2.38. The Balaban J connectivity index is -0.00000450. The van der Waals surface area contributed by atoms with Crippen molar-refractivity contribution < 1.29 is 61.9 Å². The normalized spacial score (nSPS) is 12.2. The average Bonchev–Trinajstić information content (AvgIpc) is 2.68. The zero-order chi connectivity index (χ0) is 24.2. The maximum absolute atomic E-state index is 13.0. The molecule has 0 rings (SSSR count). The Labute approximate surface area is 204 Å². The van der Waals surface area contributed by atoms with Crippen molar-refractivity contribution >= 4 is 28.0 Å². The third-order valence-corrected chi connectivity index (χ3v) is 5.71. The van der Waals surface area contributed by atoms with Crippen molar-refractivity contribution in [2.75, 3.05) is 19.8 Å². The van der Waals surface area contributed by atoms with Crippen LogP contribution in [0.1, 0.15) is 61.2 Å². The van der Waals surface area contributed by atoms with E-state index >= 15 is 0 Å². The van der Waals surface area contributed by atoms with E-state index in [2.05, 4.69) is 13.2 Å². The molecule has 0 saturated heterocycles. The van der Waals surface area contributed by atoms with E-state index in [-0.39, 0.29) is 37.9 Å². The second-order valence-corrected chi connectivity index (χ2v) is 9.56. The molecule has 32 heavy (non-hydrogen) atoms. The van der Waals surface area contributed by atoms with Gasteiger partial charge in [-0.1, -0.05) is 45.8 Å². The van der Waals surface area contributed by atoms with Crippen LogP contribution in [0, 0.1) is 5.41 Å². The summed E-state index contributed by atoms with van der Waals surface area (Å²) in [5, 5.41) is -1.36. The molecule has 1 N–H and O–H groups in total. The van der Waals surface area contributed by atoms with Gasteiger partial charge < -0.3 is 15.6 Å². The molecule has 0 aliphatic rings. The van der Waals surface area contributed by atoms with Crippen molar-refractivity contribution in [3.8, 4) is 0 Å². The van der Waals surface area contributed by atoms with Gasteiger partial charge in [0.05, 0.1) is 0 Å². The maximum Gasteiger partial charge on any atom is 1.00 e. The first-order chi connectivity index (χ1) is 14.3. The van der Waals surface area contributed by atoms with Crippen LogP contribution in [0.25, 0.3) is 0 Å². The van der Waals surface area contributed by atoms with Gasteiger partial charge in [0.2, 0.25) is 0 Å². The van der Waals surface area contributed by atoms with Gasteiger partial charge in [-0.25, -0.2) is 9.59 Å². The number of carbonyl (C=O) groups excluding carboxylic acids is 3. The van der Waals surface area contributed by atoms with Gasteiger partial charge in [-0.05, 0) is 27.2 Å². The molecule has 0 fully saturated rings. The quantitative estimate of drug-likeness (QED) is 0.0884. The molecule has 0 aromatic heterocycles. The Morgan fingerprint density at radius 2 is 1.44 bits per heavy atom. The van der Waals surface area contributed by atoms with Crippen LogP contribution in [0.2, 0.25) is 0 Å². The molecule has 11 heteroatoms. The Morgan fingerprint density at radius 1 is 0.969 bits per heavy atom. The molecule has 0 aliphatic carbocycles. The van der Waals surface area contributed by atoms with Crippen LogP contribution in [0.5, 0.6) is 0 Å². The predicted molar refractivity (Wildman–Crippen MR) is 116 cm³/mol. The molecule has 180 valence electrons. The maximum atomic E-state index is 13.0. The van der Waals surface area contributed by atoms with Crippen LogP contribution in [0.15, 0.2) is 24.3 Å². The first kappa shape index (κ1) is 32.6. The fraction of sp³-hybridized carbons (Fsp3) is 0.667. The van der Waals surface area contributed by atoms with Gasteiger partial charge in [-0.15, -0.1) is 0 Å². The minimum absolute atomic E-state index is 0. The first-order valence-electron chi connectivity index (χ1n) is 10.1. The minimum atomic E-state index is -4.41. The number of carbonyl (C=O) groups is 3. The van der Waals surface area contributed by atoms with Gasteiger partial charge in [-0.3, -0.25) is 9.35 Å². The molecular weight excluding hydrogens is 435 g/mol. The van der Waals surface area contributed by atoms with E-state index in [0.717, 1.165) is 19.3 Å². The summed E-state index contributed by atoms with van der Waals surface area (Å²) in [5.74, 6) is -2.37. The summed E-state index contributed by atoms with van der Waals surface area (Å²) in [6.45, 7) is 11.5. The van der Waals surface area contributed by atoms with E-state index in [0.29, 0.717) is 6.42 Å². The van der Waals surface area contributed by atoms with Gasteiger partial charge in [0.1, 0.15) is 30.5 Å². The van der Waals surface area contributed by atoms with E-state index in [4.69, 9.17) is 18.8 Å². The standard InChI is InChI=1S/C21H34O9S.Li.H/c1-7-8-9-10-11-21(13-29-18(22)15(2)3,14-30-19(23)16(4)5)20(24)28-12-17(6)31(25,26)27;;/h17H,2,4,7-14H2,1,3,5-6H3,(H,25,26,27);;/q;+1;-1. The summed E-state index contributed by atoms with van der Waals surface area (Å²) in [7, 11) is -4.41. The van der Waals surface area contributed by atoms with Gasteiger partial charge in [0.15, 0.2) is 0 Å². The van der Waals surface area contributed by atoms with Crippen molar-refractivity contribution in [2.45, 2.75) is 65.0 Å². The van der Waals surface area contributed by atoms with Crippen molar-refractivity contribution in [3.63, 3.8) is 0 Å². The smallest absolute Gasteiger partial charge is 1.00 e. The number of hydrogen-bond acceptors (Lipinski definition) is 8. The minimum Gasteiger partial charge on any atom is -1.00 e. The van der Waals surface area contributed by atoms with Gasteiger partial charge in [0, 0.05) is 11.1 Å². The number of esters is 3. The van der Waals surface area contributed by atoms with Crippen molar-refractivity contribution in [2.24, 2.45) is 5.41 Å². The second-order valence-electron chi connectivity index (χ2n) is 7.73. The molecule has 0 aliphatic heterocycles. The monoisotopic (exact) mass is 470 g/mol. The van der Waals surface area contributed by atoms with Crippen LogP contribution in [0.4, 0.5) is 0 Å². The van der Waals surface area contributed by atoms with Crippen LogP contribution < -0.4 is 18.9 Å². The van der Waals surface area contributed by atoms with E-state index in [1.165, 1.54) is 20.8 Å². The second kappa shape index (κ2) is 15.3. The molecule has 0 bridgehead atoms. The zero-order valence-electron chi connectivity index (χ0n) is 20.8. The molecule has 0 spiro atoms. The van der Waals surface area contributed by atoms with Crippen molar-refractivity contribution in [3.05, 3.63) is 24.3 Å². The Morgan fingerprint density at radius 3 is 1.81 bits per heavy atom. The average molecular weight is 471 g/mol. The third kappa shape index (κ3) is 11.9. The van der Waals surface area contributed by atoms with Gasteiger partial charge in [0.25, 0.3) is 10.1 Å². The van der Waals surface area contributed by atoms with Crippen LogP contribution in [-0.4, -0.2) is 55.9 Å². The Hall–Kier alpha value is -1.60. The first-order valence-corrected chi connectivity index (χ1v) is 11.6. The van der Waals surface area contributed by atoms with E-state index in [1.807, 2.05) is 6.92 Å². The summed E-state index contributed by atoms with van der Waals surface area (Å²) in [4.78, 5) is 36.8. The predicted octanol–water partition coefficient (Wildman–Crippen LogP) is 0.118. The summed E-state index contributed by atoms with van der Waals surface area (Å²) in [5.41, 5.74) is -1.32. The topological polar surface area (TPSA) is 133 Å². The molecule has 0 aromatic carbocycles. The molecule has 0 radical (unpaired) electrons. The third-order valence-electron chi connectivity index (χ3n) is 4.56. The molecule has 1 unspecified atom stereocenters. The number of rotatable bonds is 15.